The summed E-state index contributed by atoms with van der Waals surface area (Å²) in [5, 5.41) is 5.58. The summed E-state index contributed by atoms with van der Waals surface area (Å²) >= 11 is 0. The SMILES string of the molecule is COc1ccccc1C(=O)NCC(=O)N[C@@H]1CCCc2occc21. The number of methoxy groups -OCH3 is 1. The average molecular weight is 328 g/mol. The summed E-state index contributed by atoms with van der Waals surface area (Å²) in [4.78, 5) is 24.3. The monoisotopic (exact) mass is 328 g/mol. The van der Waals surface area contributed by atoms with Crippen LogP contribution >= 0.6 is 0 Å². The van der Waals surface area contributed by atoms with Gasteiger partial charge in [0.1, 0.15) is 11.5 Å². The average Bonchev–Trinajstić information content (AvgIpc) is 3.09. The highest BCUT2D eigenvalue weighted by Gasteiger charge is 2.24. The molecule has 126 valence electrons. The van der Waals surface area contributed by atoms with Gasteiger partial charge in [-0.1, -0.05) is 12.1 Å². The van der Waals surface area contributed by atoms with Crippen molar-refractivity contribution in [3.63, 3.8) is 0 Å². The molecule has 6 heteroatoms. The maximum atomic E-state index is 12.2. The van der Waals surface area contributed by atoms with Crippen molar-refractivity contribution in [3.05, 3.63) is 53.5 Å². The lowest BCUT2D eigenvalue weighted by atomic mass is 9.93. The molecule has 24 heavy (non-hydrogen) atoms. The van der Waals surface area contributed by atoms with E-state index in [0.717, 1.165) is 30.6 Å². The van der Waals surface area contributed by atoms with E-state index in [1.807, 2.05) is 6.07 Å². The lowest BCUT2D eigenvalue weighted by molar-refractivity contribution is -0.121. The van der Waals surface area contributed by atoms with E-state index < -0.39 is 0 Å². The summed E-state index contributed by atoms with van der Waals surface area (Å²) in [6.07, 6.45) is 4.40. The summed E-state index contributed by atoms with van der Waals surface area (Å²) in [5.41, 5.74) is 1.44. The molecule has 0 unspecified atom stereocenters. The van der Waals surface area contributed by atoms with Gasteiger partial charge in [0.25, 0.3) is 5.91 Å². The second-order valence-electron chi connectivity index (χ2n) is 5.69. The van der Waals surface area contributed by atoms with Crippen LogP contribution in [0.1, 0.15) is 40.6 Å². The molecule has 0 bridgehead atoms. The highest BCUT2D eigenvalue weighted by molar-refractivity contribution is 5.98. The molecule has 0 fully saturated rings. The van der Waals surface area contributed by atoms with Crippen molar-refractivity contribution in [2.75, 3.05) is 13.7 Å². The van der Waals surface area contributed by atoms with Crippen molar-refractivity contribution in [1.29, 1.82) is 0 Å². The third-order valence-electron chi connectivity index (χ3n) is 4.15. The summed E-state index contributed by atoms with van der Waals surface area (Å²) in [7, 11) is 1.50. The fourth-order valence-corrected chi connectivity index (χ4v) is 2.97. The highest BCUT2D eigenvalue weighted by atomic mass is 16.5. The largest absolute Gasteiger partial charge is 0.496 e. The molecule has 1 aromatic heterocycles. The first-order chi connectivity index (χ1) is 11.7. The van der Waals surface area contributed by atoms with Gasteiger partial charge in [-0.05, 0) is 31.0 Å². The molecule has 1 aliphatic rings. The Hall–Kier alpha value is -2.76. The second-order valence-corrected chi connectivity index (χ2v) is 5.69. The van der Waals surface area contributed by atoms with Crippen LogP contribution < -0.4 is 15.4 Å². The molecule has 3 rings (SSSR count). The maximum absolute atomic E-state index is 12.2. The molecule has 1 atom stereocenters. The Labute approximate surface area is 140 Å². The molecule has 0 spiro atoms. The van der Waals surface area contributed by atoms with Crippen LogP contribution in [-0.4, -0.2) is 25.5 Å². The minimum Gasteiger partial charge on any atom is -0.496 e. The van der Waals surface area contributed by atoms with Gasteiger partial charge in [0.2, 0.25) is 5.91 Å². The van der Waals surface area contributed by atoms with Gasteiger partial charge in [-0.15, -0.1) is 0 Å². The summed E-state index contributed by atoms with van der Waals surface area (Å²) in [5.74, 6) is 0.850. The van der Waals surface area contributed by atoms with Crippen molar-refractivity contribution in [3.8, 4) is 5.75 Å². The first kappa shape index (κ1) is 16.1. The number of carbonyl (C=O) groups excluding carboxylic acids is 2. The Bertz CT molecular complexity index is 738. The molecule has 2 aromatic rings. The van der Waals surface area contributed by atoms with Gasteiger partial charge in [0.05, 0.1) is 31.5 Å². The Morgan fingerprint density at radius 1 is 1.29 bits per heavy atom. The molecule has 2 N–H and O–H groups in total. The first-order valence-electron chi connectivity index (χ1n) is 7.96. The molecule has 0 saturated heterocycles. The number of benzene rings is 1. The zero-order valence-electron chi connectivity index (χ0n) is 13.5. The third kappa shape index (κ3) is 3.42. The van der Waals surface area contributed by atoms with Gasteiger partial charge in [0.15, 0.2) is 0 Å². The minimum atomic E-state index is -0.338. The summed E-state index contributed by atoms with van der Waals surface area (Å²) < 4.78 is 10.6. The third-order valence-corrected chi connectivity index (χ3v) is 4.15. The number of rotatable bonds is 5. The van der Waals surface area contributed by atoms with Crippen LogP contribution in [-0.2, 0) is 11.2 Å². The van der Waals surface area contributed by atoms with Crippen molar-refractivity contribution in [2.45, 2.75) is 25.3 Å². The number of hydrogen-bond donors (Lipinski definition) is 2. The normalized spacial score (nSPS) is 16.1. The quantitative estimate of drug-likeness (QED) is 0.882. The lowest BCUT2D eigenvalue weighted by Gasteiger charge is -2.22. The van der Waals surface area contributed by atoms with E-state index in [-0.39, 0.29) is 24.4 Å². The molecule has 0 aliphatic heterocycles. The minimum absolute atomic E-state index is 0.0526. The molecular formula is C18H20N2O4. The Morgan fingerprint density at radius 2 is 2.12 bits per heavy atom. The molecule has 0 saturated carbocycles. The van der Waals surface area contributed by atoms with Gasteiger partial charge in [-0.2, -0.15) is 0 Å². The molecule has 1 heterocycles. The summed E-state index contributed by atoms with van der Waals surface area (Å²) in [6, 6.07) is 8.74. The zero-order valence-corrected chi connectivity index (χ0v) is 13.5. The van der Waals surface area contributed by atoms with Crippen LogP contribution in [0.2, 0.25) is 0 Å². The van der Waals surface area contributed by atoms with Crippen LogP contribution in [0.3, 0.4) is 0 Å². The standard InChI is InChI=1S/C18H20N2O4/c1-23-15-7-3-2-5-13(15)18(22)19-11-17(21)20-14-6-4-8-16-12(14)9-10-24-16/h2-3,5,7,9-10,14H,4,6,8,11H2,1H3,(H,19,22)(H,20,21)/t14-/m1/s1. The van der Waals surface area contributed by atoms with Crippen LogP contribution in [0.25, 0.3) is 0 Å². The topological polar surface area (TPSA) is 80.6 Å². The van der Waals surface area contributed by atoms with E-state index in [2.05, 4.69) is 10.6 Å². The lowest BCUT2D eigenvalue weighted by Crippen LogP contribution is -2.39. The van der Waals surface area contributed by atoms with Gasteiger partial charge in [-0.25, -0.2) is 0 Å². The molecule has 1 aliphatic carbocycles. The van der Waals surface area contributed by atoms with Gasteiger partial charge >= 0.3 is 0 Å². The second kappa shape index (κ2) is 7.21. The molecule has 6 nitrogen and oxygen atoms in total. The predicted octanol–water partition coefficient (Wildman–Crippen LogP) is 2.21. The van der Waals surface area contributed by atoms with Crippen LogP contribution in [0.4, 0.5) is 0 Å². The summed E-state index contributed by atoms with van der Waals surface area (Å²) in [6.45, 7) is -0.0828. The Kier molecular flexibility index (Phi) is 4.84. The number of ether oxygens (including phenoxy) is 1. The Morgan fingerprint density at radius 3 is 2.96 bits per heavy atom. The van der Waals surface area contributed by atoms with E-state index in [4.69, 9.17) is 9.15 Å². The fourth-order valence-electron chi connectivity index (χ4n) is 2.97. The van der Waals surface area contributed by atoms with Crippen LogP contribution in [0.15, 0.2) is 41.0 Å². The van der Waals surface area contributed by atoms with Crippen molar-refractivity contribution in [2.24, 2.45) is 0 Å². The van der Waals surface area contributed by atoms with Gasteiger partial charge in [-0.3, -0.25) is 9.59 Å². The number of amides is 2. The predicted molar refractivity (Wildman–Crippen MR) is 87.9 cm³/mol. The number of furan rings is 1. The van der Waals surface area contributed by atoms with Crippen molar-refractivity contribution in [1.82, 2.24) is 10.6 Å². The maximum Gasteiger partial charge on any atom is 0.255 e. The number of fused-ring (bicyclic) bond motifs is 1. The number of aryl methyl sites for hydroxylation is 1. The Balaban J connectivity index is 1.56. The molecular weight excluding hydrogens is 308 g/mol. The van der Waals surface area contributed by atoms with E-state index in [1.165, 1.54) is 7.11 Å². The molecule has 1 aromatic carbocycles. The number of para-hydroxylation sites is 1. The van der Waals surface area contributed by atoms with Crippen molar-refractivity contribution < 1.29 is 18.7 Å². The van der Waals surface area contributed by atoms with Crippen LogP contribution in [0, 0.1) is 0 Å². The molecule has 2 amide bonds. The van der Waals surface area contributed by atoms with E-state index in [0.29, 0.717) is 11.3 Å². The van der Waals surface area contributed by atoms with E-state index >= 15 is 0 Å². The number of nitrogens with one attached hydrogen (secondary N) is 2. The number of carbonyl (C=O) groups is 2. The van der Waals surface area contributed by atoms with Crippen LogP contribution in [0.5, 0.6) is 5.75 Å². The van der Waals surface area contributed by atoms with E-state index in [9.17, 15) is 9.59 Å². The highest BCUT2D eigenvalue weighted by Crippen LogP contribution is 2.30. The zero-order chi connectivity index (χ0) is 16.9. The first-order valence-corrected chi connectivity index (χ1v) is 7.96. The van der Waals surface area contributed by atoms with Gasteiger partial charge in [0, 0.05) is 12.0 Å². The number of hydrogen-bond acceptors (Lipinski definition) is 4. The van der Waals surface area contributed by atoms with E-state index in [1.54, 1.807) is 30.5 Å². The van der Waals surface area contributed by atoms with Gasteiger partial charge < -0.3 is 19.8 Å². The fraction of sp³-hybridized carbons (Fsp3) is 0.333. The van der Waals surface area contributed by atoms with Crippen molar-refractivity contribution >= 4 is 11.8 Å². The smallest absolute Gasteiger partial charge is 0.255 e. The molecule has 0 radical (unpaired) electrons.